The maximum absolute atomic E-state index is 9.87. The largest absolute Gasteiger partial charge is 0.508 e. The van der Waals surface area contributed by atoms with E-state index in [2.05, 4.69) is 60.7 Å². The second-order valence-electron chi connectivity index (χ2n) is 8.01. The molecule has 0 aliphatic heterocycles. The molecule has 0 amide bonds. The lowest BCUT2D eigenvalue weighted by Crippen LogP contribution is -2.11. The van der Waals surface area contributed by atoms with Crippen LogP contribution in [0.3, 0.4) is 0 Å². The van der Waals surface area contributed by atoms with E-state index in [-0.39, 0.29) is 11.2 Å². The van der Waals surface area contributed by atoms with Crippen molar-refractivity contribution >= 4 is 0 Å². The number of phenols is 1. The number of hydrogen-bond acceptors (Lipinski definition) is 3. The molecule has 4 nitrogen and oxygen atoms in total. The number of hydrogen-bond donors (Lipinski definition) is 1. The van der Waals surface area contributed by atoms with Crippen molar-refractivity contribution in [3.05, 3.63) is 66.0 Å². The van der Waals surface area contributed by atoms with Crippen molar-refractivity contribution < 1.29 is 5.11 Å². The van der Waals surface area contributed by atoms with Gasteiger partial charge in [-0.3, -0.25) is 4.57 Å². The van der Waals surface area contributed by atoms with E-state index in [9.17, 15) is 5.11 Å². The zero-order chi connectivity index (χ0) is 18.9. The Labute approximate surface area is 155 Å². The maximum atomic E-state index is 9.87. The van der Waals surface area contributed by atoms with Gasteiger partial charge in [-0.1, -0.05) is 45.0 Å². The van der Waals surface area contributed by atoms with Gasteiger partial charge < -0.3 is 10.0 Å². The molecule has 1 heterocycles. The first kappa shape index (κ1) is 18.2. The number of imidazole rings is 1. The van der Waals surface area contributed by atoms with E-state index in [4.69, 9.17) is 4.98 Å². The lowest BCUT2D eigenvalue weighted by atomic mass is 9.87. The third-order valence-electron chi connectivity index (χ3n) is 4.35. The van der Waals surface area contributed by atoms with E-state index in [1.54, 1.807) is 12.1 Å². The van der Waals surface area contributed by atoms with Crippen LogP contribution in [0.2, 0.25) is 0 Å². The van der Waals surface area contributed by atoms with Gasteiger partial charge in [0.2, 0.25) is 0 Å². The number of phenolic OH excluding ortho intramolecular Hbond substituents is 1. The van der Waals surface area contributed by atoms with Crippen LogP contribution in [0.25, 0.3) is 17.1 Å². The second-order valence-corrected chi connectivity index (χ2v) is 8.01. The molecular weight excluding hydrogens is 322 g/mol. The SMILES string of the molecule is CN(C)Cc1cn(-c2ccc(C(C)(C)C)cc2)c(-c2cccc(O)c2)n1. The first-order valence-corrected chi connectivity index (χ1v) is 8.87. The summed E-state index contributed by atoms with van der Waals surface area (Å²) in [6.45, 7) is 7.41. The highest BCUT2D eigenvalue weighted by Crippen LogP contribution is 2.28. The van der Waals surface area contributed by atoms with Crippen LogP contribution in [0.1, 0.15) is 32.0 Å². The van der Waals surface area contributed by atoms with Crippen LogP contribution in [0.5, 0.6) is 5.75 Å². The van der Waals surface area contributed by atoms with Crippen LogP contribution < -0.4 is 0 Å². The zero-order valence-electron chi connectivity index (χ0n) is 16.2. The van der Waals surface area contributed by atoms with Crippen molar-refractivity contribution in [3.8, 4) is 22.8 Å². The van der Waals surface area contributed by atoms with Gasteiger partial charge in [0.15, 0.2) is 0 Å². The molecule has 0 aliphatic carbocycles. The summed E-state index contributed by atoms with van der Waals surface area (Å²) < 4.78 is 2.10. The average molecular weight is 349 g/mol. The third-order valence-corrected chi connectivity index (χ3v) is 4.35. The highest BCUT2D eigenvalue weighted by atomic mass is 16.3. The van der Waals surface area contributed by atoms with Crippen molar-refractivity contribution in [2.24, 2.45) is 0 Å². The van der Waals surface area contributed by atoms with Gasteiger partial charge in [0.1, 0.15) is 11.6 Å². The summed E-state index contributed by atoms with van der Waals surface area (Å²) in [6.07, 6.45) is 2.07. The Kier molecular flexibility index (Phi) is 4.88. The van der Waals surface area contributed by atoms with Crippen LogP contribution >= 0.6 is 0 Å². The van der Waals surface area contributed by atoms with E-state index in [0.717, 1.165) is 29.3 Å². The fraction of sp³-hybridized carbons (Fsp3) is 0.318. The van der Waals surface area contributed by atoms with E-state index < -0.39 is 0 Å². The fourth-order valence-corrected chi connectivity index (χ4v) is 3.00. The lowest BCUT2D eigenvalue weighted by molar-refractivity contribution is 0.397. The molecule has 0 radical (unpaired) electrons. The Morgan fingerprint density at radius 2 is 1.73 bits per heavy atom. The van der Waals surface area contributed by atoms with Gasteiger partial charge in [-0.05, 0) is 49.3 Å². The van der Waals surface area contributed by atoms with Crippen LogP contribution in [-0.2, 0) is 12.0 Å². The number of rotatable bonds is 4. The molecule has 0 spiro atoms. The van der Waals surface area contributed by atoms with Crippen LogP contribution in [0.4, 0.5) is 0 Å². The minimum absolute atomic E-state index is 0.123. The maximum Gasteiger partial charge on any atom is 0.144 e. The summed E-state index contributed by atoms with van der Waals surface area (Å²) in [5.41, 5.74) is 4.38. The molecule has 1 aromatic heterocycles. The average Bonchev–Trinajstić information content (AvgIpc) is 2.97. The first-order chi connectivity index (χ1) is 12.2. The van der Waals surface area contributed by atoms with Crippen molar-refractivity contribution in [2.75, 3.05) is 14.1 Å². The monoisotopic (exact) mass is 349 g/mol. The molecule has 0 unspecified atom stereocenters. The summed E-state index contributed by atoms with van der Waals surface area (Å²) in [5.74, 6) is 1.08. The van der Waals surface area contributed by atoms with Gasteiger partial charge in [0.25, 0.3) is 0 Å². The molecular formula is C22H27N3O. The van der Waals surface area contributed by atoms with E-state index in [1.165, 1.54) is 5.56 Å². The van der Waals surface area contributed by atoms with Gasteiger partial charge in [-0.15, -0.1) is 0 Å². The molecule has 3 rings (SSSR count). The highest BCUT2D eigenvalue weighted by molar-refractivity contribution is 5.61. The summed E-state index contributed by atoms with van der Waals surface area (Å²) in [6, 6.07) is 15.9. The zero-order valence-corrected chi connectivity index (χ0v) is 16.2. The number of benzene rings is 2. The van der Waals surface area contributed by atoms with Crippen LogP contribution in [0.15, 0.2) is 54.7 Å². The van der Waals surface area contributed by atoms with Crippen molar-refractivity contribution in [2.45, 2.75) is 32.7 Å². The molecule has 0 fully saturated rings. The van der Waals surface area contributed by atoms with Crippen molar-refractivity contribution in [1.29, 1.82) is 0 Å². The number of aromatic nitrogens is 2. The topological polar surface area (TPSA) is 41.3 Å². The predicted octanol–water partition coefficient (Wildman–Crippen LogP) is 4.60. The Balaban J connectivity index is 2.08. The van der Waals surface area contributed by atoms with E-state index >= 15 is 0 Å². The summed E-state index contributed by atoms with van der Waals surface area (Å²) in [7, 11) is 4.07. The van der Waals surface area contributed by atoms with Gasteiger partial charge in [-0.2, -0.15) is 0 Å². The molecule has 136 valence electrons. The predicted molar refractivity (Wildman–Crippen MR) is 107 cm³/mol. The molecule has 4 heteroatoms. The normalized spacial score (nSPS) is 11.9. The van der Waals surface area contributed by atoms with Crippen molar-refractivity contribution in [1.82, 2.24) is 14.5 Å². The van der Waals surface area contributed by atoms with E-state index in [0.29, 0.717) is 0 Å². The molecule has 2 aromatic carbocycles. The highest BCUT2D eigenvalue weighted by Gasteiger charge is 2.16. The Morgan fingerprint density at radius 1 is 1.04 bits per heavy atom. The smallest absolute Gasteiger partial charge is 0.144 e. The van der Waals surface area contributed by atoms with Crippen LogP contribution in [-0.4, -0.2) is 33.7 Å². The molecule has 0 aliphatic rings. The Hall–Kier alpha value is -2.59. The summed E-state index contributed by atoms with van der Waals surface area (Å²) in [4.78, 5) is 6.92. The van der Waals surface area contributed by atoms with Gasteiger partial charge in [0.05, 0.1) is 5.69 Å². The molecule has 3 aromatic rings. The van der Waals surface area contributed by atoms with E-state index in [1.807, 2.05) is 26.2 Å². The van der Waals surface area contributed by atoms with Crippen molar-refractivity contribution in [3.63, 3.8) is 0 Å². The quantitative estimate of drug-likeness (QED) is 0.748. The first-order valence-electron chi connectivity index (χ1n) is 8.87. The van der Waals surface area contributed by atoms with Gasteiger partial charge in [-0.25, -0.2) is 4.98 Å². The molecule has 1 N–H and O–H groups in total. The molecule has 0 bridgehead atoms. The summed E-state index contributed by atoms with van der Waals surface area (Å²) in [5, 5.41) is 9.87. The lowest BCUT2D eigenvalue weighted by Gasteiger charge is -2.19. The number of nitrogens with zero attached hydrogens (tertiary/aromatic N) is 3. The minimum Gasteiger partial charge on any atom is -0.508 e. The standard InChI is InChI=1S/C22H27N3O/c1-22(2,3)17-9-11-19(12-10-17)25-15-18(14-24(4)5)23-21(25)16-7-6-8-20(26)13-16/h6-13,15,26H,14H2,1-5H3. The minimum atomic E-state index is 0.123. The molecule has 0 saturated carbocycles. The summed E-state index contributed by atoms with van der Waals surface area (Å²) >= 11 is 0. The Bertz CT molecular complexity index is 886. The second kappa shape index (κ2) is 6.96. The van der Waals surface area contributed by atoms with Gasteiger partial charge in [0, 0.05) is 24.0 Å². The van der Waals surface area contributed by atoms with Crippen LogP contribution in [0, 0.1) is 0 Å². The third kappa shape index (κ3) is 3.97. The molecule has 0 saturated heterocycles. The fourth-order valence-electron chi connectivity index (χ4n) is 3.00. The number of aromatic hydroxyl groups is 1. The Morgan fingerprint density at radius 3 is 2.31 bits per heavy atom. The molecule has 0 atom stereocenters. The van der Waals surface area contributed by atoms with Gasteiger partial charge >= 0.3 is 0 Å². The molecule has 26 heavy (non-hydrogen) atoms.